The van der Waals surface area contributed by atoms with Gasteiger partial charge < -0.3 is 5.11 Å². The summed E-state index contributed by atoms with van der Waals surface area (Å²) in [5.41, 5.74) is 1.05. The van der Waals surface area contributed by atoms with E-state index in [1.165, 1.54) is 4.88 Å². The average Bonchev–Trinajstić information content (AvgIpc) is 2.82. The smallest absolute Gasteiger partial charge is 0.0635 e. The predicted molar refractivity (Wildman–Crippen MR) is 74.1 cm³/mol. The molecule has 0 aliphatic heterocycles. The lowest BCUT2D eigenvalue weighted by Gasteiger charge is -2.18. The van der Waals surface area contributed by atoms with Crippen molar-refractivity contribution in [3.63, 3.8) is 0 Å². The molecule has 0 aliphatic rings. The maximum absolute atomic E-state index is 8.71. The van der Waals surface area contributed by atoms with Crippen LogP contribution >= 0.6 is 11.3 Å². The van der Waals surface area contributed by atoms with Crippen molar-refractivity contribution in [1.82, 2.24) is 4.90 Å². The van der Waals surface area contributed by atoms with Crippen LogP contribution in [0.1, 0.15) is 30.2 Å². The van der Waals surface area contributed by atoms with Crippen LogP contribution in [0.4, 0.5) is 0 Å². The largest absolute Gasteiger partial charge is 0.395 e. The number of rotatable bonds is 6. The van der Waals surface area contributed by atoms with Gasteiger partial charge in [-0.05, 0) is 18.0 Å². The molecule has 0 amide bonds. The van der Waals surface area contributed by atoms with Crippen LogP contribution in [0.5, 0.6) is 0 Å². The highest BCUT2D eigenvalue weighted by molar-refractivity contribution is 7.10. The van der Waals surface area contributed by atoms with Crippen LogP contribution in [0.3, 0.4) is 0 Å². The molecule has 3 nitrogen and oxygen atoms in total. The lowest BCUT2D eigenvalue weighted by molar-refractivity contribution is 0.289. The molecule has 96 valence electrons. The zero-order valence-corrected chi connectivity index (χ0v) is 11.5. The fraction of sp³-hybridized carbons (Fsp3) is 0.500. The molecule has 0 saturated heterocycles. The molecule has 0 unspecified atom stereocenters. The Balaban J connectivity index is 2.64. The molecule has 0 fully saturated rings. The molecule has 0 radical (unpaired) electrons. The maximum Gasteiger partial charge on any atom is 0.0635 e. The summed E-state index contributed by atoms with van der Waals surface area (Å²) < 4.78 is 0. The third-order valence-corrected chi connectivity index (χ3v) is 3.47. The van der Waals surface area contributed by atoms with E-state index in [0.29, 0.717) is 12.8 Å². The average molecular weight is 262 g/mol. The van der Waals surface area contributed by atoms with Gasteiger partial charge in [-0.15, -0.1) is 11.3 Å². The van der Waals surface area contributed by atoms with Gasteiger partial charge in [0.2, 0.25) is 0 Å². The Morgan fingerprint density at radius 3 is 2.94 bits per heavy atom. The zero-order chi connectivity index (χ0) is 13.2. The summed E-state index contributed by atoms with van der Waals surface area (Å²) in [6, 6.07) is 4.19. The van der Waals surface area contributed by atoms with Crippen molar-refractivity contribution in [3.8, 4) is 17.9 Å². The molecule has 1 heterocycles. The van der Waals surface area contributed by atoms with Gasteiger partial charge in [-0.1, -0.05) is 18.8 Å². The number of thiophene rings is 1. The summed E-state index contributed by atoms with van der Waals surface area (Å²) in [6.07, 6.45) is 1.08. The van der Waals surface area contributed by atoms with Crippen LogP contribution in [0.15, 0.2) is 11.4 Å². The normalized spacial score (nSPS) is 9.89. The molecular weight excluding hydrogens is 244 g/mol. The molecular formula is C14H18N2OS. The molecule has 0 aromatic carbocycles. The van der Waals surface area contributed by atoms with Crippen molar-refractivity contribution in [2.45, 2.75) is 26.3 Å². The first-order valence-corrected chi connectivity index (χ1v) is 6.95. The van der Waals surface area contributed by atoms with E-state index in [1.807, 2.05) is 11.4 Å². The summed E-state index contributed by atoms with van der Waals surface area (Å²) in [7, 11) is 0. The van der Waals surface area contributed by atoms with E-state index in [2.05, 4.69) is 29.7 Å². The highest BCUT2D eigenvalue weighted by Gasteiger charge is 2.07. The zero-order valence-electron chi connectivity index (χ0n) is 10.6. The fourth-order valence-electron chi connectivity index (χ4n) is 1.55. The van der Waals surface area contributed by atoms with E-state index in [0.717, 1.165) is 25.2 Å². The van der Waals surface area contributed by atoms with Crippen LogP contribution in [0.2, 0.25) is 0 Å². The first kappa shape index (κ1) is 14.7. The molecule has 0 aliphatic carbocycles. The molecule has 18 heavy (non-hydrogen) atoms. The van der Waals surface area contributed by atoms with Gasteiger partial charge in [-0.25, -0.2) is 0 Å². The molecule has 1 aromatic rings. The molecule has 1 N–H and O–H groups in total. The minimum absolute atomic E-state index is 0.107. The molecule has 0 saturated carbocycles. The maximum atomic E-state index is 8.71. The quantitative estimate of drug-likeness (QED) is 0.800. The van der Waals surface area contributed by atoms with Crippen molar-refractivity contribution in [3.05, 3.63) is 21.9 Å². The molecule has 0 atom stereocenters. The lowest BCUT2D eigenvalue weighted by Crippen LogP contribution is -2.23. The highest BCUT2D eigenvalue weighted by atomic mass is 32.1. The Morgan fingerprint density at radius 2 is 2.28 bits per heavy atom. The van der Waals surface area contributed by atoms with E-state index < -0.39 is 0 Å². The monoisotopic (exact) mass is 262 g/mol. The lowest BCUT2D eigenvalue weighted by atomic mass is 10.2. The van der Waals surface area contributed by atoms with Crippen LogP contribution in [0, 0.1) is 23.2 Å². The number of aliphatic hydroxyl groups is 1. The third-order valence-electron chi connectivity index (χ3n) is 2.56. The fourth-order valence-corrected chi connectivity index (χ4v) is 2.42. The van der Waals surface area contributed by atoms with Crippen molar-refractivity contribution < 1.29 is 5.11 Å². The second-order valence-corrected chi connectivity index (χ2v) is 4.81. The van der Waals surface area contributed by atoms with Crippen LogP contribution in [0.25, 0.3) is 0 Å². The number of nitriles is 1. The second-order valence-electron chi connectivity index (χ2n) is 3.81. The SMILES string of the molecule is CCN(CCC#N)Cc1sccc1C#CCCO. The summed E-state index contributed by atoms with van der Waals surface area (Å²) in [4.78, 5) is 3.48. The van der Waals surface area contributed by atoms with Crippen LogP contribution in [-0.4, -0.2) is 29.7 Å². The second kappa shape index (κ2) is 8.72. The number of hydrogen-bond acceptors (Lipinski definition) is 4. The Kier molecular flexibility index (Phi) is 7.13. The minimum Gasteiger partial charge on any atom is -0.395 e. The van der Waals surface area contributed by atoms with Gasteiger partial charge in [-0.3, -0.25) is 4.90 Å². The summed E-state index contributed by atoms with van der Waals surface area (Å²) >= 11 is 1.70. The first-order valence-electron chi connectivity index (χ1n) is 6.07. The molecule has 4 heteroatoms. The summed E-state index contributed by atoms with van der Waals surface area (Å²) in [5, 5.41) is 19.4. The van der Waals surface area contributed by atoms with E-state index in [4.69, 9.17) is 10.4 Å². The minimum atomic E-state index is 0.107. The Morgan fingerprint density at radius 1 is 1.44 bits per heavy atom. The molecule has 0 bridgehead atoms. The number of nitrogens with zero attached hydrogens (tertiary/aromatic N) is 2. The standard InChI is InChI=1S/C14H18N2OS/c1-2-16(9-5-8-15)12-14-13(7-11-18-14)6-3-4-10-17/h7,11,17H,2,4-5,9-10,12H2,1H3. The van der Waals surface area contributed by atoms with Crippen molar-refractivity contribution in [2.75, 3.05) is 19.7 Å². The first-order chi connectivity index (χ1) is 8.81. The topological polar surface area (TPSA) is 47.3 Å². The van der Waals surface area contributed by atoms with Gasteiger partial charge >= 0.3 is 0 Å². The number of aliphatic hydroxyl groups excluding tert-OH is 1. The third kappa shape index (κ3) is 4.89. The van der Waals surface area contributed by atoms with E-state index in [1.54, 1.807) is 11.3 Å². The van der Waals surface area contributed by atoms with Crippen molar-refractivity contribution in [2.24, 2.45) is 0 Å². The van der Waals surface area contributed by atoms with E-state index in [9.17, 15) is 0 Å². The Labute approximate surface area is 113 Å². The summed E-state index contributed by atoms with van der Waals surface area (Å²) in [6.45, 7) is 4.79. The number of hydrogen-bond donors (Lipinski definition) is 1. The Bertz CT molecular complexity index is 450. The van der Waals surface area contributed by atoms with Crippen LogP contribution in [-0.2, 0) is 6.54 Å². The van der Waals surface area contributed by atoms with Gasteiger partial charge in [0.05, 0.1) is 12.7 Å². The predicted octanol–water partition coefficient (Wildman–Crippen LogP) is 2.22. The Hall–Kier alpha value is -1.33. The van der Waals surface area contributed by atoms with Crippen molar-refractivity contribution in [1.29, 1.82) is 5.26 Å². The van der Waals surface area contributed by atoms with E-state index >= 15 is 0 Å². The van der Waals surface area contributed by atoms with Gasteiger partial charge in [-0.2, -0.15) is 5.26 Å². The highest BCUT2D eigenvalue weighted by Crippen LogP contribution is 2.18. The van der Waals surface area contributed by atoms with E-state index in [-0.39, 0.29) is 6.61 Å². The van der Waals surface area contributed by atoms with Gasteiger partial charge in [0.25, 0.3) is 0 Å². The van der Waals surface area contributed by atoms with Gasteiger partial charge in [0.15, 0.2) is 0 Å². The molecule has 1 aromatic heterocycles. The van der Waals surface area contributed by atoms with Gasteiger partial charge in [0, 0.05) is 36.4 Å². The van der Waals surface area contributed by atoms with Crippen molar-refractivity contribution >= 4 is 11.3 Å². The van der Waals surface area contributed by atoms with Crippen LogP contribution < -0.4 is 0 Å². The summed E-state index contributed by atoms with van der Waals surface area (Å²) in [5.74, 6) is 6.04. The molecule has 1 rings (SSSR count). The molecule has 0 spiro atoms. The van der Waals surface area contributed by atoms with Gasteiger partial charge in [0.1, 0.15) is 0 Å².